The molecule has 21 heavy (non-hydrogen) atoms. The number of aliphatic hydroxyl groups excluding tert-OH is 1. The molecule has 110 valence electrons. The van der Waals surface area contributed by atoms with Crippen LogP contribution in [0, 0.1) is 6.92 Å². The van der Waals surface area contributed by atoms with E-state index < -0.39 is 0 Å². The second-order valence-corrected chi connectivity index (χ2v) is 6.36. The maximum atomic E-state index is 9.12. The zero-order valence-corrected chi connectivity index (χ0v) is 12.8. The van der Waals surface area contributed by atoms with Crippen molar-refractivity contribution in [3.05, 3.63) is 70.8 Å². The fourth-order valence-electron chi connectivity index (χ4n) is 3.49. The Labute approximate surface area is 127 Å². The number of aryl methyl sites for hydroxylation is 1. The van der Waals surface area contributed by atoms with Crippen molar-refractivity contribution >= 4 is 0 Å². The van der Waals surface area contributed by atoms with Gasteiger partial charge in [-0.2, -0.15) is 0 Å². The van der Waals surface area contributed by atoms with E-state index in [4.69, 9.17) is 5.11 Å². The Morgan fingerprint density at radius 2 is 1.19 bits per heavy atom. The summed E-state index contributed by atoms with van der Waals surface area (Å²) in [5, 5.41) is 9.12. The predicted molar refractivity (Wildman–Crippen MR) is 87.5 cm³/mol. The lowest BCUT2D eigenvalue weighted by molar-refractivity contribution is 0.282. The molecule has 0 radical (unpaired) electrons. The Hall–Kier alpha value is -1.60. The Balaban J connectivity index is 1.62. The average molecular weight is 280 g/mol. The highest BCUT2D eigenvalue weighted by atomic mass is 16.3. The van der Waals surface area contributed by atoms with E-state index in [0.29, 0.717) is 5.92 Å². The SMILES string of the molecule is Cc1ccc(C2CCC(c3ccc(CO)cc3)CC2)cc1. The topological polar surface area (TPSA) is 20.2 Å². The van der Waals surface area contributed by atoms with E-state index in [-0.39, 0.29) is 6.61 Å². The van der Waals surface area contributed by atoms with E-state index in [2.05, 4.69) is 55.5 Å². The molecule has 0 saturated heterocycles. The smallest absolute Gasteiger partial charge is 0.0681 e. The van der Waals surface area contributed by atoms with Gasteiger partial charge >= 0.3 is 0 Å². The molecule has 2 aromatic rings. The van der Waals surface area contributed by atoms with Gasteiger partial charge in [-0.3, -0.25) is 0 Å². The van der Waals surface area contributed by atoms with Gasteiger partial charge in [-0.25, -0.2) is 0 Å². The molecule has 1 fully saturated rings. The van der Waals surface area contributed by atoms with Gasteiger partial charge in [0.05, 0.1) is 6.61 Å². The fraction of sp³-hybridized carbons (Fsp3) is 0.400. The van der Waals surface area contributed by atoms with Crippen molar-refractivity contribution in [1.29, 1.82) is 0 Å². The van der Waals surface area contributed by atoms with Crippen molar-refractivity contribution in [1.82, 2.24) is 0 Å². The maximum Gasteiger partial charge on any atom is 0.0681 e. The molecule has 0 spiro atoms. The highest BCUT2D eigenvalue weighted by Crippen LogP contribution is 2.40. The van der Waals surface area contributed by atoms with Crippen molar-refractivity contribution < 1.29 is 5.11 Å². The third kappa shape index (κ3) is 3.36. The summed E-state index contributed by atoms with van der Waals surface area (Å²) in [5.74, 6) is 1.43. The predicted octanol–water partition coefficient (Wildman–Crippen LogP) is 4.93. The number of rotatable bonds is 3. The Kier molecular flexibility index (Phi) is 4.40. The number of hydrogen-bond acceptors (Lipinski definition) is 1. The van der Waals surface area contributed by atoms with Crippen LogP contribution in [0.3, 0.4) is 0 Å². The standard InChI is InChI=1S/C20H24O/c1-15-2-6-17(7-3-15)19-10-12-20(13-11-19)18-8-4-16(14-21)5-9-18/h2-9,19-21H,10-14H2,1H3. The summed E-state index contributed by atoms with van der Waals surface area (Å²) in [7, 11) is 0. The third-order valence-corrected chi connectivity index (χ3v) is 4.91. The molecule has 0 aliphatic heterocycles. The van der Waals surface area contributed by atoms with Crippen molar-refractivity contribution in [2.75, 3.05) is 0 Å². The monoisotopic (exact) mass is 280 g/mol. The molecule has 0 aromatic heterocycles. The lowest BCUT2D eigenvalue weighted by Gasteiger charge is -2.29. The second-order valence-electron chi connectivity index (χ2n) is 6.36. The molecule has 1 heteroatoms. The van der Waals surface area contributed by atoms with Crippen LogP contribution in [-0.2, 0) is 6.61 Å². The fourth-order valence-corrected chi connectivity index (χ4v) is 3.49. The lowest BCUT2D eigenvalue weighted by Crippen LogP contribution is -2.12. The van der Waals surface area contributed by atoms with E-state index in [9.17, 15) is 0 Å². The van der Waals surface area contributed by atoms with E-state index in [1.165, 1.54) is 42.4 Å². The third-order valence-electron chi connectivity index (χ3n) is 4.91. The first-order chi connectivity index (χ1) is 10.3. The van der Waals surface area contributed by atoms with Crippen LogP contribution in [0.4, 0.5) is 0 Å². The minimum absolute atomic E-state index is 0.139. The van der Waals surface area contributed by atoms with Crippen molar-refractivity contribution in [2.45, 2.75) is 51.0 Å². The number of benzene rings is 2. The van der Waals surface area contributed by atoms with E-state index in [1.54, 1.807) is 0 Å². The number of aliphatic hydroxyl groups is 1. The van der Waals surface area contributed by atoms with Crippen LogP contribution in [0.5, 0.6) is 0 Å². The normalized spacial score (nSPS) is 22.2. The minimum atomic E-state index is 0.139. The maximum absolute atomic E-state index is 9.12. The van der Waals surface area contributed by atoms with Gasteiger partial charge in [0.15, 0.2) is 0 Å². The van der Waals surface area contributed by atoms with Gasteiger partial charge in [-0.15, -0.1) is 0 Å². The van der Waals surface area contributed by atoms with Gasteiger partial charge in [0, 0.05) is 0 Å². The Bertz CT molecular complexity index is 560. The zero-order valence-electron chi connectivity index (χ0n) is 12.8. The van der Waals surface area contributed by atoms with Gasteiger partial charge in [0.2, 0.25) is 0 Å². The average Bonchev–Trinajstić information content (AvgIpc) is 2.56. The summed E-state index contributed by atoms with van der Waals surface area (Å²) >= 11 is 0. The molecule has 3 rings (SSSR count). The van der Waals surface area contributed by atoms with Gasteiger partial charge in [-0.05, 0) is 61.1 Å². The molecule has 0 amide bonds. The first-order valence-electron chi connectivity index (χ1n) is 8.02. The van der Waals surface area contributed by atoms with Gasteiger partial charge in [0.25, 0.3) is 0 Å². The first-order valence-corrected chi connectivity index (χ1v) is 8.02. The molecule has 2 aromatic carbocycles. The molecule has 0 unspecified atom stereocenters. The van der Waals surface area contributed by atoms with Crippen molar-refractivity contribution in [2.24, 2.45) is 0 Å². The quantitative estimate of drug-likeness (QED) is 0.845. The summed E-state index contributed by atoms with van der Waals surface area (Å²) in [4.78, 5) is 0. The van der Waals surface area contributed by atoms with Crippen LogP contribution < -0.4 is 0 Å². The molecule has 0 bridgehead atoms. The summed E-state index contributed by atoms with van der Waals surface area (Å²) < 4.78 is 0. The zero-order chi connectivity index (χ0) is 14.7. The first kappa shape index (κ1) is 14.3. The van der Waals surface area contributed by atoms with E-state index >= 15 is 0 Å². The van der Waals surface area contributed by atoms with Crippen LogP contribution in [0.2, 0.25) is 0 Å². The molecule has 1 saturated carbocycles. The molecular weight excluding hydrogens is 256 g/mol. The summed E-state index contributed by atoms with van der Waals surface area (Å²) in [5.41, 5.74) is 5.30. The van der Waals surface area contributed by atoms with Gasteiger partial charge in [-0.1, -0.05) is 54.1 Å². The molecule has 0 atom stereocenters. The number of hydrogen-bond donors (Lipinski definition) is 1. The molecule has 1 aliphatic carbocycles. The van der Waals surface area contributed by atoms with Crippen molar-refractivity contribution in [3.63, 3.8) is 0 Å². The van der Waals surface area contributed by atoms with Crippen LogP contribution in [-0.4, -0.2) is 5.11 Å². The van der Waals surface area contributed by atoms with Crippen LogP contribution in [0.25, 0.3) is 0 Å². The van der Waals surface area contributed by atoms with Crippen LogP contribution in [0.15, 0.2) is 48.5 Å². The van der Waals surface area contributed by atoms with Crippen LogP contribution in [0.1, 0.15) is 59.8 Å². The highest BCUT2D eigenvalue weighted by molar-refractivity contribution is 5.28. The minimum Gasteiger partial charge on any atom is -0.392 e. The summed E-state index contributed by atoms with van der Waals surface area (Å²) in [6, 6.07) is 17.6. The highest BCUT2D eigenvalue weighted by Gasteiger charge is 2.23. The van der Waals surface area contributed by atoms with Crippen molar-refractivity contribution in [3.8, 4) is 0 Å². The molecule has 1 N–H and O–H groups in total. The van der Waals surface area contributed by atoms with Crippen LogP contribution >= 0.6 is 0 Å². The second kappa shape index (κ2) is 6.44. The van der Waals surface area contributed by atoms with E-state index in [0.717, 1.165) is 11.5 Å². The Morgan fingerprint density at radius 1 is 0.762 bits per heavy atom. The summed E-state index contributed by atoms with van der Waals surface area (Å²) in [6.07, 6.45) is 5.12. The molecular formula is C20H24O. The van der Waals surface area contributed by atoms with Gasteiger partial charge < -0.3 is 5.11 Å². The van der Waals surface area contributed by atoms with Gasteiger partial charge in [0.1, 0.15) is 0 Å². The summed E-state index contributed by atoms with van der Waals surface area (Å²) in [6.45, 7) is 2.29. The molecule has 1 nitrogen and oxygen atoms in total. The molecule has 1 aliphatic rings. The lowest BCUT2D eigenvalue weighted by atomic mass is 9.76. The van der Waals surface area contributed by atoms with E-state index in [1.807, 2.05) is 0 Å². The Morgan fingerprint density at radius 3 is 1.62 bits per heavy atom. The molecule has 0 heterocycles. The largest absolute Gasteiger partial charge is 0.392 e.